The number of benzene rings is 2. The second-order valence-electron chi connectivity index (χ2n) is 5.80. The number of aromatic nitrogens is 3. The fourth-order valence-corrected chi connectivity index (χ4v) is 3.02. The molecule has 0 saturated carbocycles. The van der Waals surface area contributed by atoms with Crippen molar-refractivity contribution in [1.29, 1.82) is 5.26 Å². The van der Waals surface area contributed by atoms with Gasteiger partial charge in [-0.05, 0) is 36.2 Å². The van der Waals surface area contributed by atoms with Crippen LogP contribution >= 0.6 is 0 Å². The molecular weight excluding hydrogens is 314 g/mol. The summed E-state index contributed by atoms with van der Waals surface area (Å²) in [5.41, 5.74) is 4.44. The van der Waals surface area contributed by atoms with E-state index in [-0.39, 0.29) is 0 Å². The van der Waals surface area contributed by atoms with Crippen LogP contribution in [0.1, 0.15) is 11.1 Å². The standard InChI is InChI=1S/C19H17N5O/c1-25-14-5-6-15-13(11-22-17(15)9-14)7-8-21-19-23-16-4-2-3-12(10-20)18(16)24-19/h2-6,9,11,22H,7-8H2,1H3,(H2,21,23,24). The van der Waals surface area contributed by atoms with Gasteiger partial charge in [0.05, 0.1) is 18.2 Å². The molecule has 6 heteroatoms. The highest BCUT2D eigenvalue weighted by Crippen LogP contribution is 2.24. The van der Waals surface area contributed by atoms with Crippen LogP contribution in [0, 0.1) is 11.3 Å². The molecule has 124 valence electrons. The van der Waals surface area contributed by atoms with Crippen LogP contribution in [-0.4, -0.2) is 28.6 Å². The lowest BCUT2D eigenvalue weighted by Gasteiger charge is -2.03. The Morgan fingerprint density at radius 1 is 1.24 bits per heavy atom. The first-order valence-electron chi connectivity index (χ1n) is 8.05. The molecule has 0 aliphatic rings. The van der Waals surface area contributed by atoms with Crippen LogP contribution in [0.15, 0.2) is 42.6 Å². The molecule has 2 aromatic heterocycles. The fraction of sp³-hybridized carbons (Fsp3) is 0.158. The topological polar surface area (TPSA) is 89.5 Å². The maximum Gasteiger partial charge on any atom is 0.201 e. The number of nitriles is 1. The number of hydrogen-bond acceptors (Lipinski definition) is 4. The van der Waals surface area contributed by atoms with Gasteiger partial charge >= 0.3 is 0 Å². The Bertz CT molecular complexity index is 1090. The van der Waals surface area contributed by atoms with E-state index in [4.69, 9.17) is 10.00 Å². The zero-order chi connectivity index (χ0) is 17.2. The molecular formula is C19H17N5O. The van der Waals surface area contributed by atoms with Gasteiger partial charge in [0.1, 0.15) is 17.3 Å². The number of para-hydroxylation sites is 1. The van der Waals surface area contributed by atoms with Gasteiger partial charge in [0.25, 0.3) is 0 Å². The predicted molar refractivity (Wildman–Crippen MR) is 97.9 cm³/mol. The number of nitrogens with one attached hydrogen (secondary N) is 3. The lowest BCUT2D eigenvalue weighted by molar-refractivity contribution is 0.415. The van der Waals surface area contributed by atoms with Crippen molar-refractivity contribution in [3.8, 4) is 11.8 Å². The summed E-state index contributed by atoms with van der Waals surface area (Å²) in [4.78, 5) is 11.0. The number of imidazole rings is 1. The van der Waals surface area contributed by atoms with Gasteiger partial charge in [0.15, 0.2) is 0 Å². The third-order valence-electron chi connectivity index (χ3n) is 4.29. The molecule has 0 radical (unpaired) electrons. The summed E-state index contributed by atoms with van der Waals surface area (Å²) in [5.74, 6) is 1.52. The maximum absolute atomic E-state index is 9.15. The van der Waals surface area contributed by atoms with Crippen LogP contribution < -0.4 is 10.1 Å². The Hall–Kier alpha value is -3.46. The summed E-state index contributed by atoms with van der Waals surface area (Å²) < 4.78 is 5.25. The summed E-state index contributed by atoms with van der Waals surface area (Å²) >= 11 is 0. The van der Waals surface area contributed by atoms with E-state index in [9.17, 15) is 0 Å². The summed E-state index contributed by atoms with van der Waals surface area (Å²) in [6, 6.07) is 13.7. The molecule has 0 aliphatic heterocycles. The number of rotatable bonds is 5. The zero-order valence-corrected chi connectivity index (χ0v) is 13.8. The van der Waals surface area contributed by atoms with Crippen molar-refractivity contribution in [2.75, 3.05) is 19.0 Å². The van der Waals surface area contributed by atoms with E-state index in [0.29, 0.717) is 17.0 Å². The van der Waals surface area contributed by atoms with Crippen molar-refractivity contribution in [1.82, 2.24) is 15.0 Å². The van der Waals surface area contributed by atoms with E-state index >= 15 is 0 Å². The average molecular weight is 331 g/mol. The summed E-state index contributed by atoms with van der Waals surface area (Å²) in [6.45, 7) is 0.737. The van der Waals surface area contributed by atoms with Crippen LogP contribution in [0.5, 0.6) is 5.75 Å². The second kappa shape index (κ2) is 6.21. The summed E-state index contributed by atoms with van der Waals surface area (Å²) in [5, 5.41) is 13.6. The summed E-state index contributed by atoms with van der Waals surface area (Å²) in [7, 11) is 1.67. The largest absolute Gasteiger partial charge is 0.497 e. The number of hydrogen-bond donors (Lipinski definition) is 3. The first-order chi connectivity index (χ1) is 12.3. The van der Waals surface area contributed by atoms with E-state index in [2.05, 4.69) is 32.4 Å². The van der Waals surface area contributed by atoms with Crippen LogP contribution in [0.2, 0.25) is 0 Å². The van der Waals surface area contributed by atoms with E-state index in [1.54, 1.807) is 13.2 Å². The second-order valence-corrected chi connectivity index (χ2v) is 5.80. The molecule has 0 bridgehead atoms. The molecule has 0 spiro atoms. The minimum absolute atomic E-state index is 0.576. The monoisotopic (exact) mass is 331 g/mol. The Labute approximate surface area is 144 Å². The molecule has 2 heterocycles. The molecule has 4 rings (SSSR count). The number of fused-ring (bicyclic) bond motifs is 2. The summed E-state index contributed by atoms with van der Waals surface area (Å²) in [6.07, 6.45) is 2.88. The number of anilines is 1. The Morgan fingerprint density at radius 3 is 3.00 bits per heavy atom. The number of H-pyrrole nitrogens is 2. The van der Waals surface area contributed by atoms with E-state index in [1.165, 1.54) is 10.9 Å². The van der Waals surface area contributed by atoms with Crippen molar-refractivity contribution in [2.45, 2.75) is 6.42 Å². The van der Waals surface area contributed by atoms with Crippen LogP contribution in [0.3, 0.4) is 0 Å². The van der Waals surface area contributed by atoms with Crippen LogP contribution in [0.4, 0.5) is 5.95 Å². The van der Waals surface area contributed by atoms with Gasteiger partial charge in [-0.15, -0.1) is 0 Å². The highest BCUT2D eigenvalue weighted by atomic mass is 16.5. The quantitative estimate of drug-likeness (QED) is 0.521. The predicted octanol–water partition coefficient (Wildman–Crippen LogP) is 3.58. The van der Waals surface area contributed by atoms with E-state index in [1.807, 2.05) is 30.5 Å². The maximum atomic E-state index is 9.15. The molecule has 0 saturated heterocycles. The Kier molecular flexibility index (Phi) is 3.75. The third kappa shape index (κ3) is 2.76. The molecule has 0 atom stereocenters. The van der Waals surface area contributed by atoms with Crippen molar-refractivity contribution in [2.24, 2.45) is 0 Å². The Balaban J connectivity index is 1.48. The fourth-order valence-electron chi connectivity index (χ4n) is 3.02. The van der Waals surface area contributed by atoms with Gasteiger partial charge in [0, 0.05) is 29.7 Å². The van der Waals surface area contributed by atoms with E-state index < -0.39 is 0 Å². The number of nitrogens with zero attached hydrogens (tertiary/aromatic N) is 2. The lowest BCUT2D eigenvalue weighted by atomic mass is 10.1. The molecule has 0 unspecified atom stereocenters. The molecule has 0 fully saturated rings. The van der Waals surface area contributed by atoms with Gasteiger partial charge in [0.2, 0.25) is 5.95 Å². The SMILES string of the molecule is COc1ccc2c(CCNc3nc4c(C#N)cccc4[nH]3)c[nH]c2c1. The van der Waals surface area contributed by atoms with Crippen molar-refractivity contribution in [3.63, 3.8) is 0 Å². The minimum atomic E-state index is 0.576. The Morgan fingerprint density at radius 2 is 2.16 bits per heavy atom. The average Bonchev–Trinajstić information content (AvgIpc) is 3.24. The normalized spacial score (nSPS) is 10.9. The van der Waals surface area contributed by atoms with Crippen LogP contribution in [0.25, 0.3) is 21.9 Å². The first kappa shape index (κ1) is 15.1. The van der Waals surface area contributed by atoms with Gasteiger partial charge < -0.3 is 20.0 Å². The number of ether oxygens (including phenoxy) is 1. The van der Waals surface area contributed by atoms with Gasteiger partial charge in [-0.1, -0.05) is 6.07 Å². The van der Waals surface area contributed by atoms with Crippen molar-refractivity contribution < 1.29 is 4.74 Å². The lowest BCUT2D eigenvalue weighted by Crippen LogP contribution is -2.05. The molecule has 6 nitrogen and oxygen atoms in total. The molecule has 25 heavy (non-hydrogen) atoms. The van der Waals surface area contributed by atoms with Gasteiger partial charge in [-0.3, -0.25) is 0 Å². The minimum Gasteiger partial charge on any atom is -0.497 e. The molecule has 2 aromatic carbocycles. The zero-order valence-electron chi connectivity index (χ0n) is 13.8. The smallest absolute Gasteiger partial charge is 0.201 e. The molecule has 4 aromatic rings. The highest BCUT2D eigenvalue weighted by molar-refractivity contribution is 5.85. The third-order valence-corrected chi connectivity index (χ3v) is 4.29. The number of methoxy groups -OCH3 is 1. The number of aromatic amines is 2. The van der Waals surface area contributed by atoms with Gasteiger partial charge in [-0.2, -0.15) is 5.26 Å². The molecule has 0 amide bonds. The van der Waals surface area contributed by atoms with Gasteiger partial charge in [-0.25, -0.2) is 4.98 Å². The van der Waals surface area contributed by atoms with Crippen molar-refractivity contribution >= 4 is 27.9 Å². The molecule has 3 N–H and O–H groups in total. The van der Waals surface area contributed by atoms with Crippen molar-refractivity contribution in [3.05, 3.63) is 53.7 Å². The van der Waals surface area contributed by atoms with Crippen LogP contribution in [-0.2, 0) is 6.42 Å². The molecule has 0 aliphatic carbocycles. The highest BCUT2D eigenvalue weighted by Gasteiger charge is 2.08. The van der Waals surface area contributed by atoms with E-state index in [0.717, 1.165) is 29.7 Å². The first-order valence-corrected chi connectivity index (χ1v) is 8.05.